The molecule has 2 saturated carbocycles. The van der Waals surface area contributed by atoms with Crippen LogP contribution >= 0.6 is 0 Å². The van der Waals surface area contributed by atoms with Crippen molar-refractivity contribution in [3.8, 4) is 45.1 Å². The molecule has 15 heteroatoms. The number of hydrogen-bond acceptors (Lipinski definition) is 10. The number of ether oxygens (including phenoxy) is 4. The summed E-state index contributed by atoms with van der Waals surface area (Å²) in [4.78, 5) is 61.4. The molecule has 2 saturated heterocycles. The van der Waals surface area contributed by atoms with Gasteiger partial charge in [-0.15, -0.1) is 0 Å². The van der Waals surface area contributed by atoms with Gasteiger partial charge in [-0.2, -0.15) is 0 Å². The first-order chi connectivity index (χ1) is 29.8. The Kier molecular flexibility index (Phi) is 10.7. The number of hydrogen-bond donors (Lipinski definition) is 4. The number of imidazole rings is 2. The summed E-state index contributed by atoms with van der Waals surface area (Å²) in [5, 5.41) is 5.96. The van der Waals surface area contributed by atoms with E-state index in [1.165, 1.54) is 7.11 Å². The number of likely N-dealkylation sites (tertiary alicyclic amines) is 2. The summed E-state index contributed by atoms with van der Waals surface area (Å²) in [6, 6.07) is 11.2. The fraction of sp³-hybridized carbons (Fsp3) is 0.511. The Labute approximate surface area is 362 Å². The van der Waals surface area contributed by atoms with Crippen LogP contribution in [0.5, 0.6) is 11.5 Å². The van der Waals surface area contributed by atoms with Crippen molar-refractivity contribution in [2.45, 2.75) is 89.4 Å². The second-order valence-corrected chi connectivity index (χ2v) is 18.4. The predicted molar refractivity (Wildman–Crippen MR) is 232 cm³/mol. The third-order valence-electron chi connectivity index (χ3n) is 14.0. The molecule has 4 aromatic rings. The number of piperidine rings is 2. The van der Waals surface area contributed by atoms with Gasteiger partial charge in [0.1, 0.15) is 48.0 Å². The van der Waals surface area contributed by atoms with Gasteiger partial charge >= 0.3 is 6.09 Å². The fourth-order valence-corrected chi connectivity index (χ4v) is 10.8. The minimum Gasteiger partial charge on any atom is -0.485 e. The Morgan fingerprint density at radius 3 is 1.76 bits per heavy atom. The minimum absolute atomic E-state index is 0.0395. The van der Waals surface area contributed by atoms with Crippen molar-refractivity contribution in [2.24, 2.45) is 23.7 Å². The standard InChI is InChI=1S/C47H58N8O7/c1-26(2)37(50-28(5)59-6)41(56)54-24-29-14-16-46(54,20-29)43-48-22-35(51-43)32-10-8-31(9-11-32)33-12-13-34(40-39(33)61-18-19-62-40)36-23-49-44(52-36)47-17-15-30(21-47)25-55(47)42(57)38(27(3)4)53-45(58)60-7/h8-13,22-23,26-27,29-30,37-38,50H,5,14-21,24-25H2,1-4,6-7H3,(H,48,51)(H,49,52)(H,53,58)/t29-,30-,37-,38-,46-,47-/m0/s1. The SMILES string of the molecule is C=C(N[C@H](C(=O)N1C[C@H]2CC[C@@]1(c1ncc(-c3ccc(-c4ccc(-c5cnc([C@@]67CC[C@H](CN6C(=O)[C@@H](NC(=O)OC)C(C)C)C7)[nH]5)c5c4OCCO5)cc3)[nH]1)C2)C(C)C)OC. The Hall–Kier alpha value is -5.99. The van der Waals surface area contributed by atoms with E-state index in [0.29, 0.717) is 55.5 Å². The van der Waals surface area contributed by atoms with E-state index in [-0.39, 0.29) is 23.7 Å². The molecule has 62 heavy (non-hydrogen) atoms. The third-order valence-corrected chi connectivity index (χ3v) is 14.0. The van der Waals surface area contributed by atoms with E-state index in [9.17, 15) is 14.4 Å². The molecule has 9 rings (SSSR count). The zero-order valence-electron chi connectivity index (χ0n) is 36.5. The maximum absolute atomic E-state index is 14.1. The summed E-state index contributed by atoms with van der Waals surface area (Å²) < 4.78 is 22.8. The summed E-state index contributed by atoms with van der Waals surface area (Å²) in [6.07, 6.45) is 8.48. The first kappa shape index (κ1) is 41.4. The van der Waals surface area contributed by atoms with E-state index in [2.05, 4.69) is 57.5 Å². The number of nitrogens with zero attached hydrogens (tertiary/aromatic N) is 4. The van der Waals surface area contributed by atoms with Crippen molar-refractivity contribution in [3.05, 3.63) is 72.9 Å². The average molecular weight is 847 g/mol. The lowest BCUT2D eigenvalue weighted by atomic mass is 9.93. The van der Waals surface area contributed by atoms with Gasteiger partial charge in [0.15, 0.2) is 17.4 Å². The van der Waals surface area contributed by atoms with E-state index < -0.39 is 29.3 Å². The maximum atomic E-state index is 14.1. The number of H-pyrrole nitrogens is 2. The van der Waals surface area contributed by atoms with E-state index in [1.807, 2.05) is 56.0 Å². The van der Waals surface area contributed by atoms with Crippen molar-refractivity contribution in [3.63, 3.8) is 0 Å². The van der Waals surface area contributed by atoms with Crippen molar-refractivity contribution < 1.29 is 33.3 Å². The van der Waals surface area contributed by atoms with Gasteiger partial charge in [-0.25, -0.2) is 14.8 Å². The first-order valence-corrected chi connectivity index (χ1v) is 22.0. The zero-order valence-corrected chi connectivity index (χ0v) is 36.5. The molecule has 2 aromatic carbocycles. The van der Waals surface area contributed by atoms with Gasteiger partial charge in [0, 0.05) is 24.2 Å². The molecule has 4 N–H and O–H groups in total. The second-order valence-electron chi connectivity index (χ2n) is 18.4. The number of nitrogens with one attached hydrogen (secondary N) is 4. The first-order valence-electron chi connectivity index (χ1n) is 22.0. The Balaban J connectivity index is 0.958. The lowest BCUT2D eigenvalue weighted by molar-refractivity contribution is -0.141. The molecule has 328 valence electrons. The number of rotatable bonds is 13. The largest absolute Gasteiger partial charge is 0.485 e. The van der Waals surface area contributed by atoms with E-state index in [0.717, 1.165) is 83.8 Å². The van der Waals surface area contributed by atoms with Gasteiger partial charge in [0.25, 0.3) is 0 Å². The second kappa shape index (κ2) is 16.0. The molecule has 0 spiro atoms. The minimum atomic E-state index is -0.715. The van der Waals surface area contributed by atoms with Gasteiger partial charge in [0.2, 0.25) is 11.8 Å². The quantitative estimate of drug-likeness (QED) is 0.106. The highest BCUT2D eigenvalue weighted by molar-refractivity contribution is 5.87. The zero-order chi connectivity index (χ0) is 43.5. The smallest absolute Gasteiger partial charge is 0.407 e. The molecule has 5 aliphatic rings. The predicted octanol–water partition coefficient (Wildman–Crippen LogP) is 6.69. The molecule has 15 nitrogen and oxygen atoms in total. The van der Waals surface area contributed by atoms with Crippen LogP contribution < -0.4 is 20.1 Å². The molecule has 3 aliphatic heterocycles. The maximum Gasteiger partial charge on any atom is 0.407 e. The molecular weight excluding hydrogens is 789 g/mol. The highest BCUT2D eigenvalue weighted by atomic mass is 16.6. The highest BCUT2D eigenvalue weighted by Gasteiger charge is 2.58. The molecule has 4 fully saturated rings. The molecule has 5 heterocycles. The number of amides is 3. The van der Waals surface area contributed by atoms with Crippen LogP contribution in [0.2, 0.25) is 0 Å². The van der Waals surface area contributed by atoms with Gasteiger partial charge in [-0.1, -0.05) is 52.0 Å². The van der Waals surface area contributed by atoms with Crippen LogP contribution in [0, 0.1) is 23.7 Å². The van der Waals surface area contributed by atoms with Crippen LogP contribution in [-0.4, -0.2) is 100 Å². The van der Waals surface area contributed by atoms with Crippen LogP contribution in [0.25, 0.3) is 33.6 Å². The number of methoxy groups -OCH3 is 2. The average Bonchev–Trinajstić information content (AvgIpc) is 4.16. The summed E-state index contributed by atoms with van der Waals surface area (Å²) in [5.41, 5.74) is 4.26. The lowest BCUT2D eigenvalue weighted by Gasteiger charge is -2.40. The van der Waals surface area contributed by atoms with E-state index in [1.54, 1.807) is 7.11 Å². The summed E-state index contributed by atoms with van der Waals surface area (Å²) >= 11 is 0. The lowest BCUT2D eigenvalue weighted by Crippen LogP contribution is -2.56. The third kappa shape index (κ3) is 6.93. The van der Waals surface area contributed by atoms with Crippen LogP contribution in [0.15, 0.2) is 61.3 Å². The Morgan fingerprint density at radius 2 is 1.23 bits per heavy atom. The van der Waals surface area contributed by atoms with Crippen LogP contribution in [0.3, 0.4) is 0 Å². The number of alkyl carbamates (subject to hydrolysis) is 1. The number of benzene rings is 2. The molecule has 0 radical (unpaired) electrons. The summed E-state index contributed by atoms with van der Waals surface area (Å²) in [7, 11) is 2.85. The number of fused-ring (bicyclic) bond motifs is 5. The van der Waals surface area contributed by atoms with Crippen molar-refractivity contribution >= 4 is 17.9 Å². The van der Waals surface area contributed by atoms with Gasteiger partial charge < -0.3 is 49.3 Å². The fourth-order valence-electron chi connectivity index (χ4n) is 10.8. The number of carbonyl (C=O) groups is 3. The normalized spacial score (nSPS) is 24.4. The molecule has 4 bridgehead atoms. The highest BCUT2D eigenvalue weighted by Crippen LogP contribution is 2.54. The topological polar surface area (TPSA) is 176 Å². The summed E-state index contributed by atoms with van der Waals surface area (Å²) in [6.45, 7) is 14.0. The van der Waals surface area contributed by atoms with Gasteiger partial charge in [0.05, 0.1) is 38.0 Å². The number of carbonyl (C=O) groups excluding carboxylic acids is 3. The van der Waals surface area contributed by atoms with Crippen LogP contribution in [-0.2, 0) is 30.1 Å². The molecule has 6 atom stereocenters. The number of aromatic amines is 2. The Bertz CT molecular complexity index is 2370. The molecular formula is C47H58N8O7. The van der Waals surface area contributed by atoms with Crippen LogP contribution in [0.1, 0.15) is 77.9 Å². The summed E-state index contributed by atoms with van der Waals surface area (Å²) in [5.74, 6) is 3.87. The van der Waals surface area contributed by atoms with Gasteiger partial charge in [-0.05, 0) is 92.0 Å². The molecule has 3 amide bonds. The monoisotopic (exact) mass is 846 g/mol. The van der Waals surface area contributed by atoms with Gasteiger partial charge in [-0.3, -0.25) is 9.59 Å². The van der Waals surface area contributed by atoms with E-state index >= 15 is 0 Å². The van der Waals surface area contributed by atoms with Crippen LogP contribution in [0.4, 0.5) is 4.79 Å². The van der Waals surface area contributed by atoms with Crippen molar-refractivity contribution in [1.82, 2.24) is 40.4 Å². The Morgan fingerprint density at radius 1 is 0.726 bits per heavy atom. The van der Waals surface area contributed by atoms with Crippen molar-refractivity contribution in [1.29, 1.82) is 0 Å². The molecule has 0 unspecified atom stereocenters. The molecule has 2 aromatic heterocycles. The van der Waals surface area contributed by atoms with Crippen molar-refractivity contribution in [2.75, 3.05) is 40.5 Å². The van der Waals surface area contributed by atoms with E-state index in [4.69, 9.17) is 28.9 Å². The molecule has 2 aliphatic carbocycles. The number of aromatic nitrogens is 4.